The Balaban J connectivity index is 0.00000243. The molecular formula is C18H23ClFN3O2S. The summed E-state index contributed by atoms with van der Waals surface area (Å²) in [6.07, 6.45) is 1.92. The van der Waals surface area contributed by atoms with E-state index in [-0.39, 0.29) is 24.1 Å². The Morgan fingerprint density at radius 3 is 2.62 bits per heavy atom. The van der Waals surface area contributed by atoms with Crippen molar-refractivity contribution >= 4 is 34.8 Å². The summed E-state index contributed by atoms with van der Waals surface area (Å²) in [6, 6.07) is 6.42. The van der Waals surface area contributed by atoms with Gasteiger partial charge in [-0.3, -0.25) is 4.79 Å². The first-order chi connectivity index (χ1) is 12.0. The number of aryl methyl sites for hydroxylation is 1. The van der Waals surface area contributed by atoms with E-state index in [0.717, 1.165) is 16.1 Å². The number of carbonyl (C=O) groups excluding carboxylic acids is 1. The van der Waals surface area contributed by atoms with E-state index in [9.17, 15) is 9.18 Å². The summed E-state index contributed by atoms with van der Waals surface area (Å²) in [5, 5.41) is 3.51. The van der Waals surface area contributed by atoms with Crippen LogP contribution in [0.2, 0.25) is 0 Å². The molecule has 0 atom stereocenters. The second-order valence-electron chi connectivity index (χ2n) is 6.38. The molecule has 3 rings (SSSR count). The van der Waals surface area contributed by atoms with Crippen LogP contribution in [0.5, 0.6) is 0 Å². The largest absolute Gasteiger partial charge is 0.381 e. The highest BCUT2D eigenvalue weighted by Crippen LogP contribution is 2.32. The molecule has 0 spiro atoms. The van der Waals surface area contributed by atoms with Crippen LogP contribution in [0.4, 0.5) is 9.52 Å². The molecule has 0 unspecified atom stereocenters. The van der Waals surface area contributed by atoms with Crippen LogP contribution in [-0.2, 0) is 16.0 Å². The zero-order valence-electron chi connectivity index (χ0n) is 14.6. The van der Waals surface area contributed by atoms with Crippen molar-refractivity contribution in [3.05, 3.63) is 46.2 Å². The third-order valence-corrected chi connectivity index (χ3v) is 5.79. The molecule has 2 heterocycles. The molecule has 0 aliphatic carbocycles. The predicted octanol–water partition coefficient (Wildman–Crippen LogP) is 3.30. The van der Waals surface area contributed by atoms with Gasteiger partial charge in [0.05, 0.1) is 11.1 Å². The molecule has 1 aliphatic heterocycles. The molecule has 0 radical (unpaired) electrons. The number of nitrogens with zero attached hydrogens (tertiary/aromatic N) is 1. The van der Waals surface area contributed by atoms with Crippen molar-refractivity contribution in [3.8, 4) is 0 Å². The molecule has 2 aromatic rings. The van der Waals surface area contributed by atoms with Gasteiger partial charge in [0.25, 0.3) is 0 Å². The van der Waals surface area contributed by atoms with Crippen LogP contribution in [-0.4, -0.2) is 30.6 Å². The Morgan fingerprint density at radius 2 is 2.00 bits per heavy atom. The van der Waals surface area contributed by atoms with Crippen LogP contribution in [0.15, 0.2) is 24.3 Å². The van der Waals surface area contributed by atoms with Crippen molar-refractivity contribution in [1.29, 1.82) is 0 Å². The monoisotopic (exact) mass is 399 g/mol. The molecule has 1 aromatic heterocycles. The first-order valence-corrected chi connectivity index (χ1v) is 9.14. The third kappa shape index (κ3) is 4.59. The number of thiazole rings is 1. The number of hydrogen-bond acceptors (Lipinski definition) is 5. The van der Waals surface area contributed by atoms with Crippen LogP contribution in [0.1, 0.15) is 29.0 Å². The minimum Gasteiger partial charge on any atom is -0.381 e. The van der Waals surface area contributed by atoms with Gasteiger partial charge in [-0.2, -0.15) is 0 Å². The first-order valence-electron chi connectivity index (χ1n) is 8.32. The molecule has 0 bridgehead atoms. The molecule has 8 heteroatoms. The van der Waals surface area contributed by atoms with Gasteiger partial charge in [-0.25, -0.2) is 9.37 Å². The van der Waals surface area contributed by atoms with Crippen LogP contribution < -0.4 is 11.1 Å². The average molecular weight is 400 g/mol. The standard InChI is InChI=1S/C18H22FN3O2S.ClH/c1-12-15(10-13-2-4-14(19)5-3-13)25-17(21-12)22-16(23)18(11-20)6-8-24-9-7-18;/h2-5H,6-11,20H2,1H3,(H,21,22,23);1H. The van der Waals surface area contributed by atoms with Crippen molar-refractivity contribution < 1.29 is 13.9 Å². The number of ether oxygens (including phenoxy) is 1. The number of hydrogen-bond donors (Lipinski definition) is 2. The zero-order valence-corrected chi connectivity index (χ0v) is 16.2. The lowest BCUT2D eigenvalue weighted by molar-refractivity contribution is -0.130. The van der Waals surface area contributed by atoms with E-state index in [1.165, 1.54) is 23.5 Å². The highest BCUT2D eigenvalue weighted by molar-refractivity contribution is 7.15. The molecule has 1 amide bonds. The van der Waals surface area contributed by atoms with E-state index in [1.54, 1.807) is 12.1 Å². The van der Waals surface area contributed by atoms with Crippen molar-refractivity contribution in [2.24, 2.45) is 11.1 Å². The summed E-state index contributed by atoms with van der Waals surface area (Å²) in [6.45, 7) is 3.32. The van der Waals surface area contributed by atoms with Gasteiger partial charge < -0.3 is 15.8 Å². The number of anilines is 1. The molecule has 1 aromatic carbocycles. The fourth-order valence-electron chi connectivity index (χ4n) is 2.95. The Morgan fingerprint density at radius 1 is 1.35 bits per heavy atom. The van der Waals surface area contributed by atoms with E-state index < -0.39 is 5.41 Å². The maximum absolute atomic E-state index is 13.0. The Kier molecular flexibility index (Phi) is 7.11. The molecule has 1 saturated heterocycles. The van der Waals surface area contributed by atoms with Gasteiger partial charge in [-0.05, 0) is 37.5 Å². The average Bonchev–Trinajstić information content (AvgIpc) is 2.96. The molecule has 5 nitrogen and oxygen atoms in total. The lowest BCUT2D eigenvalue weighted by atomic mass is 9.79. The normalized spacial score (nSPS) is 16.0. The summed E-state index contributed by atoms with van der Waals surface area (Å²) in [5.74, 6) is -0.332. The van der Waals surface area contributed by atoms with Gasteiger partial charge >= 0.3 is 0 Å². The van der Waals surface area contributed by atoms with Crippen LogP contribution in [0, 0.1) is 18.2 Å². The molecule has 142 valence electrons. The summed E-state index contributed by atoms with van der Waals surface area (Å²) in [7, 11) is 0. The van der Waals surface area contributed by atoms with Crippen molar-refractivity contribution in [3.63, 3.8) is 0 Å². The van der Waals surface area contributed by atoms with Crippen molar-refractivity contribution in [2.45, 2.75) is 26.2 Å². The SMILES string of the molecule is Cc1nc(NC(=O)C2(CN)CCOCC2)sc1Cc1ccc(F)cc1.Cl. The van der Waals surface area contributed by atoms with Gasteiger partial charge in [-0.15, -0.1) is 23.7 Å². The van der Waals surface area contributed by atoms with Crippen LogP contribution in [0.25, 0.3) is 0 Å². The van der Waals surface area contributed by atoms with Gasteiger partial charge in [-0.1, -0.05) is 12.1 Å². The number of nitrogens with one attached hydrogen (secondary N) is 1. The molecule has 3 N–H and O–H groups in total. The molecular weight excluding hydrogens is 377 g/mol. The van der Waals surface area contributed by atoms with E-state index in [1.807, 2.05) is 6.92 Å². The van der Waals surface area contributed by atoms with Gasteiger partial charge in [0.1, 0.15) is 5.82 Å². The second kappa shape index (κ2) is 8.90. The lowest BCUT2D eigenvalue weighted by Gasteiger charge is -2.34. The maximum atomic E-state index is 13.0. The van der Waals surface area contributed by atoms with Crippen molar-refractivity contribution in [1.82, 2.24) is 4.98 Å². The number of benzene rings is 1. The van der Waals surface area contributed by atoms with E-state index in [4.69, 9.17) is 10.5 Å². The van der Waals surface area contributed by atoms with Gasteiger partial charge in [0, 0.05) is 31.1 Å². The molecule has 1 fully saturated rings. The first kappa shape index (κ1) is 20.8. The number of rotatable bonds is 5. The highest BCUT2D eigenvalue weighted by atomic mass is 35.5. The van der Waals surface area contributed by atoms with Crippen LogP contribution in [0.3, 0.4) is 0 Å². The summed E-state index contributed by atoms with van der Waals surface area (Å²) >= 11 is 1.45. The number of amides is 1. The Bertz CT molecular complexity index is 745. The summed E-state index contributed by atoms with van der Waals surface area (Å²) in [4.78, 5) is 18.2. The van der Waals surface area contributed by atoms with Crippen LogP contribution >= 0.6 is 23.7 Å². The molecule has 0 saturated carbocycles. The number of nitrogens with two attached hydrogens (primary N) is 1. The second-order valence-corrected chi connectivity index (χ2v) is 7.47. The minimum atomic E-state index is -0.574. The van der Waals surface area contributed by atoms with Crippen molar-refractivity contribution in [2.75, 3.05) is 25.1 Å². The quantitative estimate of drug-likeness (QED) is 0.808. The lowest BCUT2D eigenvalue weighted by Crippen LogP contribution is -2.46. The number of aromatic nitrogens is 1. The third-order valence-electron chi connectivity index (χ3n) is 4.71. The highest BCUT2D eigenvalue weighted by Gasteiger charge is 2.39. The van der Waals surface area contributed by atoms with E-state index >= 15 is 0 Å². The number of carbonyl (C=O) groups is 1. The molecule has 1 aliphatic rings. The maximum Gasteiger partial charge on any atom is 0.233 e. The zero-order chi connectivity index (χ0) is 17.9. The fourth-order valence-corrected chi connectivity index (χ4v) is 3.94. The number of halogens is 2. The Labute approximate surface area is 162 Å². The summed E-state index contributed by atoms with van der Waals surface area (Å²) in [5.41, 5.74) is 7.19. The van der Waals surface area contributed by atoms with Gasteiger partial charge in [0.2, 0.25) is 5.91 Å². The summed E-state index contributed by atoms with van der Waals surface area (Å²) < 4.78 is 18.4. The topological polar surface area (TPSA) is 77.2 Å². The predicted molar refractivity (Wildman–Crippen MR) is 103 cm³/mol. The van der Waals surface area contributed by atoms with E-state index in [0.29, 0.717) is 44.2 Å². The Hall–Kier alpha value is -1.54. The van der Waals surface area contributed by atoms with E-state index in [2.05, 4.69) is 10.3 Å². The fraction of sp³-hybridized carbons (Fsp3) is 0.444. The smallest absolute Gasteiger partial charge is 0.233 e. The molecule has 26 heavy (non-hydrogen) atoms. The van der Waals surface area contributed by atoms with Gasteiger partial charge in [0.15, 0.2) is 5.13 Å². The minimum absolute atomic E-state index is 0.